The number of carbonyl (C=O) groups is 1. The zero-order valence-electron chi connectivity index (χ0n) is 13.1. The molecule has 0 aromatic heterocycles. The molecule has 114 valence electrons. The molecule has 1 aliphatic rings. The van der Waals surface area contributed by atoms with E-state index in [2.05, 4.69) is 37.4 Å². The Labute approximate surface area is 131 Å². The summed E-state index contributed by atoms with van der Waals surface area (Å²) in [6.45, 7) is 4.73. The van der Waals surface area contributed by atoms with Crippen molar-refractivity contribution in [2.24, 2.45) is 5.92 Å². The van der Waals surface area contributed by atoms with Gasteiger partial charge in [0.2, 0.25) is 5.91 Å². The number of aryl methyl sites for hydroxylation is 2. The summed E-state index contributed by atoms with van der Waals surface area (Å²) in [4.78, 5) is 11.7. The van der Waals surface area contributed by atoms with Crippen LogP contribution in [0.1, 0.15) is 29.5 Å². The minimum Gasteiger partial charge on any atom is -0.489 e. The van der Waals surface area contributed by atoms with Gasteiger partial charge in [-0.15, -0.1) is 0 Å². The van der Waals surface area contributed by atoms with Crippen LogP contribution in [0.25, 0.3) is 0 Å². The number of nitrogens with one attached hydrogen (secondary N) is 1. The van der Waals surface area contributed by atoms with Gasteiger partial charge in [0.15, 0.2) is 0 Å². The van der Waals surface area contributed by atoms with E-state index in [1.54, 1.807) is 0 Å². The van der Waals surface area contributed by atoms with Crippen molar-refractivity contribution in [1.82, 2.24) is 0 Å². The average molecular weight is 295 g/mol. The molecular weight excluding hydrogens is 274 g/mol. The van der Waals surface area contributed by atoms with Crippen molar-refractivity contribution in [3.8, 4) is 5.75 Å². The number of carbonyl (C=O) groups excluding carboxylic acids is 1. The highest BCUT2D eigenvalue weighted by molar-refractivity contribution is 5.94. The lowest BCUT2D eigenvalue weighted by Gasteiger charge is -2.09. The molecular formula is C19H21NO2. The summed E-state index contributed by atoms with van der Waals surface area (Å²) in [6.07, 6.45) is 2.03. The van der Waals surface area contributed by atoms with E-state index in [4.69, 9.17) is 4.74 Å². The first-order valence-corrected chi connectivity index (χ1v) is 7.71. The van der Waals surface area contributed by atoms with Crippen LogP contribution in [0.4, 0.5) is 5.69 Å². The molecule has 3 nitrogen and oxygen atoms in total. The quantitative estimate of drug-likeness (QED) is 0.896. The minimum absolute atomic E-state index is 0.129. The summed E-state index contributed by atoms with van der Waals surface area (Å²) in [5.74, 6) is 1.16. The van der Waals surface area contributed by atoms with Gasteiger partial charge in [0, 0.05) is 11.6 Å². The van der Waals surface area contributed by atoms with Crippen molar-refractivity contribution in [3.63, 3.8) is 0 Å². The van der Waals surface area contributed by atoms with Gasteiger partial charge in [-0.3, -0.25) is 4.79 Å². The van der Waals surface area contributed by atoms with Crippen LogP contribution in [-0.4, -0.2) is 5.91 Å². The smallest absolute Gasteiger partial charge is 0.227 e. The number of benzene rings is 2. The zero-order chi connectivity index (χ0) is 15.5. The molecule has 0 spiro atoms. The predicted molar refractivity (Wildman–Crippen MR) is 88.0 cm³/mol. The first-order valence-electron chi connectivity index (χ1n) is 7.71. The number of anilines is 1. The highest BCUT2D eigenvalue weighted by Crippen LogP contribution is 2.30. The molecule has 1 aliphatic carbocycles. The van der Waals surface area contributed by atoms with Crippen LogP contribution in [0, 0.1) is 19.8 Å². The Morgan fingerprint density at radius 3 is 2.32 bits per heavy atom. The molecule has 0 heterocycles. The van der Waals surface area contributed by atoms with Crippen molar-refractivity contribution in [2.75, 3.05) is 5.32 Å². The highest BCUT2D eigenvalue weighted by atomic mass is 16.5. The summed E-state index contributed by atoms with van der Waals surface area (Å²) in [7, 11) is 0. The molecule has 3 heteroatoms. The Balaban J connectivity index is 1.57. The fourth-order valence-corrected chi connectivity index (χ4v) is 2.54. The lowest BCUT2D eigenvalue weighted by atomic mass is 10.1. The number of rotatable bonds is 5. The van der Waals surface area contributed by atoms with E-state index >= 15 is 0 Å². The molecule has 3 rings (SSSR count). The SMILES string of the molecule is Cc1cc(C)cc(COc2ccc(NC(=O)C3CC3)cc2)c1. The van der Waals surface area contributed by atoms with Crippen molar-refractivity contribution in [1.29, 1.82) is 0 Å². The van der Waals surface area contributed by atoms with Crippen LogP contribution in [0.15, 0.2) is 42.5 Å². The summed E-state index contributed by atoms with van der Waals surface area (Å²) in [5.41, 5.74) is 4.49. The van der Waals surface area contributed by atoms with Crippen LogP contribution in [0.5, 0.6) is 5.75 Å². The monoisotopic (exact) mass is 295 g/mol. The molecule has 0 unspecified atom stereocenters. The van der Waals surface area contributed by atoms with Gasteiger partial charge in [-0.2, -0.15) is 0 Å². The normalized spacial score (nSPS) is 13.7. The van der Waals surface area contributed by atoms with Crippen molar-refractivity contribution >= 4 is 11.6 Å². The molecule has 0 radical (unpaired) electrons. The predicted octanol–water partition coefficient (Wildman–Crippen LogP) is 4.23. The van der Waals surface area contributed by atoms with E-state index in [1.807, 2.05) is 24.3 Å². The van der Waals surface area contributed by atoms with Crippen molar-refractivity contribution < 1.29 is 9.53 Å². The molecule has 1 amide bonds. The van der Waals surface area contributed by atoms with E-state index in [-0.39, 0.29) is 11.8 Å². The zero-order valence-corrected chi connectivity index (χ0v) is 13.1. The van der Waals surface area contributed by atoms with Gasteiger partial charge in [-0.25, -0.2) is 0 Å². The summed E-state index contributed by atoms with van der Waals surface area (Å²) in [6, 6.07) is 14.0. The molecule has 0 saturated heterocycles. The Morgan fingerprint density at radius 1 is 1.09 bits per heavy atom. The second kappa shape index (κ2) is 6.22. The Hall–Kier alpha value is -2.29. The fourth-order valence-electron chi connectivity index (χ4n) is 2.54. The van der Waals surface area contributed by atoms with Crippen LogP contribution < -0.4 is 10.1 Å². The Kier molecular flexibility index (Phi) is 4.14. The maximum atomic E-state index is 11.7. The molecule has 22 heavy (non-hydrogen) atoms. The van der Waals surface area contributed by atoms with Gasteiger partial charge in [-0.05, 0) is 56.5 Å². The molecule has 1 fully saturated rings. The van der Waals surface area contributed by atoms with Crippen molar-refractivity contribution in [3.05, 3.63) is 59.2 Å². The van der Waals surface area contributed by atoms with Crippen LogP contribution in [0.3, 0.4) is 0 Å². The molecule has 2 aromatic rings. The molecule has 1 N–H and O–H groups in total. The summed E-state index contributed by atoms with van der Waals surface area (Å²) in [5, 5.41) is 2.93. The average Bonchev–Trinajstić information content (AvgIpc) is 3.30. The molecule has 0 atom stereocenters. The second-order valence-electron chi connectivity index (χ2n) is 6.07. The highest BCUT2D eigenvalue weighted by Gasteiger charge is 2.29. The van der Waals surface area contributed by atoms with E-state index in [9.17, 15) is 4.79 Å². The first kappa shape index (κ1) is 14.6. The van der Waals surface area contributed by atoms with E-state index in [0.29, 0.717) is 6.61 Å². The van der Waals surface area contributed by atoms with Crippen LogP contribution >= 0.6 is 0 Å². The fraction of sp³-hybridized carbons (Fsp3) is 0.316. The van der Waals surface area contributed by atoms with Crippen LogP contribution in [0.2, 0.25) is 0 Å². The van der Waals surface area contributed by atoms with Crippen molar-refractivity contribution in [2.45, 2.75) is 33.3 Å². The first-order chi connectivity index (χ1) is 10.6. The van der Waals surface area contributed by atoms with Gasteiger partial charge >= 0.3 is 0 Å². The standard InChI is InChI=1S/C19H21NO2/c1-13-9-14(2)11-15(10-13)12-22-18-7-5-17(6-8-18)20-19(21)16-3-4-16/h5-11,16H,3-4,12H2,1-2H3,(H,20,21). The number of ether oxygens (including phenoxy) is 1. The van der Waals surface area contributed by atoms with Gasteiger partial charge in [0.05, 0.1) is 0 Å². The van der Waals surface area contributed by atoms with E-state index in [0.717, 1.165) is 24.3 Å². The third-order valence-electron chi connectivity index (χ3n) is 3.76. The van der Waals surface area contributed by atoms with Gasteiger partial charge in [0.1, 0.15) is 12.4 Å². The molecule has 0 bridgehead atoms. The van der Waals surface area contributed by atoms with E-state index in [1.165, 1.54) is 16.7 Å². The third-order valence-corrected chi connectivity index (χ3v) is 3.76. The largest absolute Gasteiger partial charge is 0.489 e. The van der Waals surface area contributed by atoms with Gasteiger partial charge < -0.3 is 10.1 Å². The van der Waals surface area contributed by atoms with Crippen LogP contribution in [-0.2, 0) is 11.4 Å². The number of hydrogen-bond acceptors (Lipinski definition) is 2. The summed E-state index contributed by atoms with van der Waals surface area (Å²) >= 11 is 0. The summed E-state index contributed by atoms with van der Waals surface area (Å²) < 4.78 is 5.81. The van der Waals surface area contributed by atoms with E-state index < -0.39 is 0 Å². The van der Waals surface area contributed by atoms with Gasteiger partial charge in [0.25, 0.3) is 0 Å². The number of hydrogen-bond donors (Lipinski definition) is 1. The Bertz CT molecular complexity index is 652. The maximum Gasteiger partial charge on any atom is 0.227 e. The molecule has 2 aromatic carbocycles. The maximum absolute atomic E-state index is 11.7. The topological polar surface area (TPSA) is 38.3 Å². The molecule has 1 saturated carbocycles. The minimum atomic E-state index is 0.129. The Morgan fingerprint density at radius 2 is 1.73 bits per heavy atom. The lowest BCUT2D eigenvalue weighted by molar-refractivity contribution is -0.117. The lowest BCUT2D eigenvalue weighted by Crippen LogP contribution is -2.13. The third kappa shape index (κ3) is 3.88. The number of amides is 1. The molecule has 0 aliphatic heterocycles. The van der Waals surface area contributed by atoms with Gasteiger partial charge in [-0.1, -0.05) is 29.3 Å². The second-order valence-corrected chi connectivity index (χ2v) is 6.07.